The molecule has 4 N–H and O–H groups in total. The fourth-order valence-corrected chi connectivity index (χ4v) is 2.13. The van der Waals surface area contributed by atoms with Crippen molar-refractivity contribution in [2.75, 3.05) is 11.9 Å². The van der Waals surface area contributed by atoms with Crippen LogP contribution in [0.25, 0.3) is 0 Å². The molecule has 0 saturated heterocycles. The molecule has 0 bridgehead atoms. The quantitative estimate of drug-likeness (QED) is 0.342. The molecule has 0 amide bonds. The number of aryl methyl sites for hydroxylation is 1. The predicted molar refractivity (Wildman–Crippen MR) is 82.2 cm³/mol. The van der Waals surface area contributed by atoms with Crippen LogP contribution in [0, 0.1) is 12.7 Å². The van der Waals surface area contributed by atoms with Gasteiger partial charge in [0.25, 0.3) is 0 Å². The Morgan fingerprint density at radius 2 is 2.00 bits per heavy atom. The Kier molecular flexibility index (Phi) is 4.77. The lowest BCUT2D eigenvalue weighted by Gasteiger charge is -2.18. The number of benzene rings is 2. The lowest BCUT2D eigenvalue weighted by atomic mass is 9.98. The SMILES string of the molecule is Cc1ccc(F)c(NCC(C(N)=NO)c2ccccc2)c1. The van der Waals surface area contributed by atoms with Crippen molar-refractivity contribution < 1.29 is 9.60 Å². The van der Waals surface area contributed by atoms with Crippen LogP contribution in [0.3, 0.4) is 0 Å². The Morgan fingerprint density at radius 3 is 2.67 bits per heavy atom. The number of halogens is 1. The molecule has 4 nitrogen and oxygen atoms in total. The maximum Gasteiger partial charge on any atom is 0.148 e. The van der Waals surface area contributed by atoms with E-state index in [9.17, 15) is 4.39 Å². The molecule has 0 saturated carbocycles. The third-order valence-electron chi connectivity index (χ3n) is 3.29. The van der Waals surface area contributed by atoms with Crippen LogP contribution in [0.4, 0.5) is 10.1 Å². The van der Waals surface area contributed by atoms with Crippen LogP contribution in [0.2, 0.25) is 0 Å². The van der Waals surface area contributed by atoms with Gasteiger partial charge in [0.1, 0.15) is 11.7 Å². The normalized spacial score (nSPS) is 13.0. The van der Waals surface area contributed by atoms with Gasteiger partial charge in [0.05, 0.1) is 11.6 Å². The standard InChI is InChI=1S/C16H18FN3O/c1-11-7-8-14(17)15(9-11)19-10-13(16(18)20-21)12-5-3-2-4-6-12/h2-9,13,19,21H,10H2,1H3,(H2,18,20). The third kappa shape index (κ3) is 3.72. The summed E-state index contributed by atoms with van der Waals surface area (Å²) >= 11 is 0. The summed E-state index contributed by atoms with van der Waals surface area (Å²) in [5.74, 6) is -0.579. The first-order valence-electron chi connectivity index (χ1n) is 6.64. The van der Waals surface area contributed by atoms with Crippen molar-refractivity contribution >= 4 is 11.5 Å². The summed E-state index contributed by atoms with van der Waals surface area (Å²) in [6, 6.07) is 14.3. The van der Waals surface area contributed by atoms with E-state index < -0.39 is 0 Å². The first kappa shape index (κ1) is 14.8. The molecule has 110 valence electrons. The maximum absolute atomic E-state index is 13.7. The van der Waals surface area contributed by atoms with Crippen LogP contribution in [0.5, 0.6) is 0 Å². The minimum atomic E-state index is -0.337. The number of hydrogen-bond acceptors (Lipinski definition) is 3. The molecule has 0 aliphatic carbocycles. The van der Waals surface area contributed by atoms with Crippen molar-refractivity contribution in [2.45, 2.75) is 12.8 Å². The molecule has 21 heavy (non-hydrogen) atoms. The number of anilines is 1. The first-order valence-corrected chi connectivity index (χ1v) is 6.64. The smallest absolute Gasteiger partial charge is 0.148 e. The van der Waals surface area contributed by atoms with Crippen molar-refractivity contribution in [3.8, 4) is 0 Å². The monoisotopic (exact) mass is 287 g/mol. The molecule has 2 rings (SSSR count). The Bertz CT molecular complexity index is 629. The summed E-state index contributed by atoms with van der Waals surface area (Å²) in [7, 11) is 0. The van der Waals surface area contributed by atoms with Gasteiger partial charge in [-0.1, -0.05) is 41.6 Å². The number of nitrogens with one attached hydrogen (secondary N) is 1. The van der Waals surface area contributed by atoms with E-state index in [4.69, 9.17) is 10.9 Å². The van der Waals surface area contributed by atoms with Crippen molar-refractivity contribution in [1.29, 1.82) is 0 Å². The zero-order chi connectivity index (χ0) is 15.2. The number of oxime groups is 1. The second kappa shape index (κ2) is 6.74. The van der Waals surface area contributed by atoms with E-state index in [0.717, 1.165) is 11.1 Å². The highest BCUT2D eigenvalue weighted by Crippen LogP contribution is 2.20. The van der Waals surface area contributed by atoms with Gasteiger partial charge < -0.3 is 16.3 Å². The second-order valence-corrected chi connectivity index (χ2v) is 4.85. The molecule has 2 aromatic carbocycles. The van der Waals surface area contributed by atoms with Crippen LogP contribution < -0.4 is 11.1 Å². The lowest BCUT2D eigenvalue weighted by Crippen LogP contribution is -2.28. The van der Waals surface area contributed by atoms with E-state index in [1.165, 1.54) is 6.07 Å². The largest absolute Gasteiger partial charge is 0.409 e. The molecular formula is C16H18FN3O. The summed E-state index contributed by atoms with van der Waals surface area (Å²) in [6.45, 7) is 2.23. The highest BCUT2D eigenvalue weighted by atomic mass is 19.1. The van der Waals surface area contributed by atoms with Crippen LogP contribution in [0.15, 0.2) is 53.7 Å². The van der Waals surface area contributed by atoms with Gasteiger partial charge in [-0.25, -0.2) is 4.39 Å². The van der Waals surface area contributed by atoms with Crippen LogP contribution >= 0.6 is 0 Å². The van der Waals surface area contributed by atoms with Gasteiger partial charge in [0.2, 0.25) is 0 Å². The summed E-state index contributed by atoms with van der Waals surface area (Å²) in [4.78, 5) is 0. The van der Waals surface area contributed by atoms with Crippen molar-refractivity contribution in [3.05, 3.63) is 65.5 Å². The van der Waals surface area contributed by atoms with Gasteiger partial charge in [-0.05, 0) is 30.2 Å². The number of nitrogens with zero attached hydrogens (tertiary/aromatic N) is 1. The van der Waals surface area contributed by atoms with Crippen molar-refractivity contribution in [1.82, 2.24) is 0 Å². The number of hydrogen-bond donors (Lipinski definition) is 3. The van der Waals surface area contributed by atoms with Gasteiger partial charge in [-0.3, -0.25) is 0 Å². The third-order valence-corrected chi connectivity index (χ3v) is 3.29. The summed E-state index contributed by atoms with van der Waals surface area (Å²) in [6.07, 6.45) is 0. The minimum absolute atomic E-state index is 0.0850. The molecule has 0 aliphatic heterocycles. The summed E-state index contributed by atoms with van der Waals surface area (Å²) < 4.78 is 13.7. The van der Waals surface area contributed by atoms with Crippen LogP contribution in [-0.4, -0.2) is 17.6 Å². The number of amidine groups is 1. The molecule has 1 unspecified atom stereocenters. The van der Waals surface area contributed by atoms with Gasteiger partial charge in [-0.2, -0.15) is 0 Å². The molecule has 1 atom stereocenters. The molecule has 0 aromatic heterocycles. The summed E-state index contributed by atoms with van der Waals surface area (Å²) in [5.41, 5.74) is 8.01. The van der Waals surface area contributed by atoms with Gasteiger partial charge in [0.15, 0.2) is 0 Å². The minimum Gasteiger partial charge on any atom is -0.409 e. The van der Waals surface area contributed by atoms with E-state index in [2.05, 4.69) is 10.5 Å². The zero-order valence-corrected chi connectivity index (χ0v) is 11.8. The van der Waals surface area contributed by atoms with Crippen molar-refractivity contribution in [2.24, 2.45) is 10.9 Å². The molecule has 5 heteroatoms. The topological polar surface area (TPSA) is 70.6 Å². The molecule has 0 heterocycles. The van der Waals surface area contributed by atoms with E-state index in [-0.39, 0.29) is 17.6 Å². The Labute approximate surface area is 123 Å². The van der Waals surface area contributed by atoms with Gasteiger partial charge >= 0.3 is 0 Å². The van der Waals surface area contributed by atoms with E-state index in [1.807, 2.05) is 37.3 Å². The fourth-order valence-electron chi connectivity index (χ4n) is 2.13. The predicted octanol–water partition coefficient (Wildman–Crippen LogP) is 3.08. The highest BCUT2D eigenvalue weighted by molar-refractivity contribution is 5.87. The van der Waals surface area contributed by atoms with E-state index >= 15 is 0 Å². The van der Waals surface area contributed by atoms with Crippen LogP contribution in [0.1, 0.15) is 17.0 Å². The molecular weight excluding hydrogens is 269 g/mol. The first-order chi connectivity index (χ1) is 10.1. The van der Waals surface area contributed by atoms with E-state index in [1.54, 1.807) is 12.1 Å². The summed E-state index contributed by atoms with van der Waals surface area (Å²) in [5, 5.41) is 15.0. The molecule has 0 radical (unpaired) electrons. The molecule has 0 aliphatic rings. The maximum atomic E-state index is 13.7. The van der Waals surface area contributed by atoms with E-state index in [0.29, 0.717) is 12.2 Å². The average molecular weight is 287 g/mol. The highest BCUT2D eigenvalue weighted by Gasteiger charge is 2.17. The number of rotatable bonds is 5. The average Bonchev–Trinajstić information content (AvgIpc) is 2.51. The van der Waals surface area contributed by atoms with Crippen LogP contribution in [-0.2, 0) is 0 Å². The number of nitrogens with two attached hydrogens (primary N) is 1. The molecule has 0 fully saturated rings. The van der Waals surface area contributed by atoms with Crippen molar-refractivity contribution in [3.63, 3.8) is 0 Å². The second-order valence-electron chi connectivity index (χ2n) is 4.85. The molecule has 2 aromatic rings. The molecule has 0 spiro atoms. The Hall–Kier alpha value is -2.56. The van der Waals surface area contributed by atoms with Gasteiger partial charge in [-0.15, -0.1) is 0 Å². The Morgan fingerprint density at radius 1 is 1.29 bits per heavy atom. The van der Waals surface area contributed by atoms with Gasteiger partial charge in [0, 0.05) is 6.54 Å². The zero-order valence-electron chi connectivity index (χ0n) is 11.8. The fraction of sp³-hybridized carbons (Fsp3) is 0.188. The Balaban J connectivity index is 2.19. The lowest BCUT2D eigenvalue weighted by molar-refractivity contribution is 0.316.